The molecule has 0 aliphatic carbocycles. The number of carboxylic acids is 1. The summed E-state index contributed by atoms with van der Waals surface area (Å²) < 4.78 is 0. The van der Waals surface area contributed by atoms with Gasteiger partial charge in [0.15, 0.2) is 0 Å². The van der Waals surface area contributed by atoms with E-state index in [1.54, 1.807) is 0 Å². The number of hydrogen-bond acceptors (Lipinski definition) is 3. The molecule has 1 atom stereocenters. The summed E-state index contributed by atoms with van der Waals surface area (Å²) in [6, 6.07) is -1.44. The van der Waals surface area contributed by atoms with Crippen LogP contribution in [0.3, 0.4) is 0 Å². The van der Waals surface area contributed by atoms with E-state index in [0.29, 0.717) is 6.42 Å². The third-order valence-corrected chi connectivity index (χ3v) is 4.03. The van der Waals surface area contributed by atoms with Gasteiger partial charge in [0.1, 0.15) is 0 Å². The predicted molar refractivity (Wildman–Crippen MR) is 93.3 cm³/mol. The van der Waals surface area contributed by atoms with Crippen molar-refractivity contribution in [2.75, 3.05) is 0 Å². The van der Waals surface area contributed by atoms with E-state index in [1.165, 1.54) is 38.5 Å². The predicted octanol–water partition coefficient (Wildman–Crippen LogP) is 5.36. The highest BCUT2D eigenvalue weighted by Gasteiger charge is 2.27. The smallest absolute Gasteiger partial charge is 0.379 e. The molecule has 0 amide bonds. The van der Waals surface area contributed by atoms with Crippen LogP contribution in [0.25, 0.3) is 0 Å². The molecule has 0 fully saturated rings. The van der Waals surface area contributed by atoms with Crippen molar-refractivity contribution < 1.29 is 14.8 Å². The standard InChI is InChI=1S/C18H33NO4/c1-2-3-4-5-6-7-8-9-10-11-12-13-14-15-16-17(18(20)21)19(22)23/h9-10,17H,2-8,11-16H2,1H3,(H,20,21)/b10-9-. The number of allylic oxidation sites excluding steroid dienone is 2. The first-order valence-corrected chi connectivity index (χ1v) is 9.10. The average Bonchev–Trinajstić information content (AvgIpc) is 2.50. The molecule has 5 heteroatoms. The van der Waals surface area contributed by atoms with E-state index in [0.717, 1.165) is 32.1 Å². The van der Waals surface area contributed by atoms with Crippen molar-refractivity contribution in [3.05, 3.63) is 22.3 Å². The second-order valence-electron chi connectivity index (χ2n) is 6.16. The summed E-state index contributed by atoms with van der Waals surface area (Å²) in [6.45, 7) is 2.23. The zero-order chi connectivity index (χ0) is 17.3. The summed E-state index contributed by atoms with van der Waals surface area (Å²) in [5, 5.41) is 19.2. The molecule has 0 saturated carbocycles. The van der Waals surface area contributed by atoms with Crippen LogP contribution in [-0.4, -0.2) is 22.0 Å². The van der Waals surface area contributed by atoms with E-state index in [4.69, 9.17) is 5.11 Å². The lowest BCUT2D eigenvalue weighted by Crippen LogP contribution is -2.28. The van der Waals surface area contributed by atoms with Crippen LogP contribution in [0.4, 0.5) is 0 Å². The molecule has 1 unspecified atom stereocenters. The monoisotopic (exact) mass is 327 g/mol. The molecule has 1 N–H and O–H groups in total. The van der Waals surface area contributed by atoms with Gasteiger partial charge in [-0.2, -0.15) is 0 Å². The van der Waals surface area contributed by atoms with Crippen molar-refractivity contribution in [2.45, 2.75) is 96.4 Å². The number of hydrogen-bond donors (Lipinski definition) is 1. The quantitative estimate of drug-likeness (QED) is 0.179. The number of carbonyl (C=O) groups is 1. The number of nitro groups is 1. The molecule has 0 spiro atoms. The summed E-state index contributed by atoms with van der Waals surface area (Å²) in [4.78, 5) is 20.5. The first-order valence-electron chi connectivity index (χ1n) is 9.10. The Balaban J connectivity index is 3.37. The second kappa shape index (κ2) is 15.5. The van der Waals surface area contributed by atoms with Gasteiger partial charge in [0.05, 0.1) is 0 Å². The molecule has 23 heavy (non-hydrogen) atoms. The molecule has 5 nitrogen and oxygen atoms in total. The number of nitrogens with zero attached hydrogens (tertiary/aromatic N) is 1. The van der Waals surface area contributed by atoms with E-state index in [-0.39, 0.29) is 6.42 Å². The third kappa shape index (κ3) is 14.0. The fourth-order valence-corrected chi connectivity index (χ4v) is 2.55. The highest BCUT2D eigenvalue weighted by molar-refractivity contribution is 5.71. The fraction of sp³-hybridized carbons (Fsp3) is 0.833. The van der Waals surface area contributed by atoms with Crippen molar-refractivity contribution in [1.29, 1.82) is 0 Å². The minimum absolute atomic E-state index is 0.135. The molecular weight excluding hydrogens is 294 g/mol. The maximum atomic E-state index is 10.7. The summed E-state index contributed by atoms with van der Waals surface area (Å²) >= 11 is 0. The van der Waals surface area contributed by atoms with E-state index < -0.39 is 16.9 Å². The Morgan fingerprint density at radius 2 is 1.43 bits per heavy atom. The van der Waals surface area contributed by atoms with Gasteiger partial charge in [-0.15, -0.1) is 0 Å². The first-order chi connectivity index (χ1) is 11.1. The summed E-state index contributed by atoms with van der Waals surface area (Å²) in [5.74, 6) is -1.33. The van der Waals surface area contributed by atoms with Gasteiger partial charge in [-0.25, -0.2) is 4.79 Å². The van der Waals surface area contributed by atoms with E-state index in [1.807, 2.05) is 0 Å². The molecule has 0 aromatic carbocycles. The van der Waals surface area contributed by atoms with Gasteiger partial charge >= 0.3 is 12.0 Å². The molecule has 0 saturated heterocycles. The van der Waals surface area contributed by atoms with Crippen LogP contribution < -0.4 is 0 Å². The van der Waals surface area contributed by atoms with Gasteiger partial charge in [-0.05, 0) is 32.1 Å². The normalized spacial score (nSPS) is 12.6. The van der Waals surface area contributed by atoms with Gasteiger partial charge < -0.3 is 5.11 Å². The highest BCUT2D eigenvalue weighted by Crippen LogP contribution is 2.11. The maximum Gasteiger partial charge on any atom is 0.379 e. The molecule has 0 aliphatic rings. The average molecular weight is 327 g/mol. The lowest BCUT2D eigenvalue weighted by molar-refractivity contribution is -0.511. The molecular formula is C18H33NO4. The van der Waals surface area contributed by atoms with Crippen molar-refractivity contribution in [2.24, 2.45) is 0 Å². The number of unbranched alkanes of at least 4 members (excludes halogenated alkanes) is 10. The summed E-state index contributed by atoms with van der Waals surface area (Å²) in [6.07, 6.45) is 18.3. The molecule has 0 aliphatic heterocycles. The largest absolute Gasteiger partial charge is 0.476 e. The first kappa shape index (κ1) is 21.6. The maximum absolute atomic E-state index is 10.7. The molecule has 0 radical (unpaired) electrons. The van der Waals surface area contributed by atoms with Crippen LogP contribution in [0.5, 0.6) is 0 Å². The van der Waals surface area contributed by atoms with Gasteiger partial charge in [0.2, 0.25) is 0 Å². The summed E-state index contributed by atoms with van der Waals surface area (Å²) in [5.41, 5.74) is 0. The van der Waals surface area contributed by atoms with Crippen molar-refractivity contribution >= 4 is 5.97 Å². The Hall–Kier alpha value is -1.39. The fourth-order valence-electron chi connectivity index (χ4n) is 2.55. The molecule has 134 valence electrons. The minimum atomic E-state index is -1.44. The zero-order valence-electron chi connectivity index (χ0n) is 14.5. The van der Waals surface area contributed by atoms with Crippen LogP contribution in [0.2, 0.25) is 0 Å². The molecule has 0 heterocycles. The van der Waals surface area contributed by atoms with E-state index >= 15 is 0 Å². The molecule has 0 rings (SSSR count). The van der Waals surface area contributed by atoms with Gasteiger partial charge in [0, 0.05) is 11.3 Å². The second-order valence-corrected chi connectivity index (χ2v) is 6.16. The topological polar surface area (TPSA) is 80.4 Å². The van der Waals surface area contributed by atoms with Crippen LogP contribution in [0, 0.1) is 10.1 Å². The number of carboxylic acid groups (broad SMARTS) is 1. The van der Waals surface area contributed by atoms with E-state index in [2.05, 4.69) is 19.1 Å². The van der Waals surface area contributed by atoms with E-state index in [9.17, 15) is 14.9 Å². The highest BCUT2D eigenvalue weighted by atomic mass is 16.6. The Labute approximate surface area is 140 Å². The SMILES string of the molecule is CCCCCCCC/C=C\CCCCCCC(C(=O)O)[N+](=O)[O-]. The van der Waals surface area contributed by atoms with Crippen molar-refractivity contribution in [1.82, 2.24) is 0 Å². The minimum Gasteiger partial charge on any atom is -0.476 e. The van der Waals surface area contributed by atoms with Crippen LogP contribution >= 0.6 is 0 Å². The Kier molecular flexibility index (Phi) is 14.6. The van der Waals surface area contributed by atoms with Crippen LogP contribution in [0.15, 0.2) is 12.2 Å². The Morgan fingerprint density at radius 3 is 1.91 bits per heavy atom. The lowest BCUT2D eigenvalue weighted by atomic mass is 10.1. The lowest BCUT2D eigenvalue weighted by Gasteiger charge is -2.04. The van der Waals surface area contributed by atoms with Gasteiger partial charge in [-0.3, -0.25) is 10.1 Å². The van der Waals surface area contributed by atoms with Crippen LogP contribution in [0.1, 0.15) is 90.4 Å². The van der Waals surface area contributed by atoms with Crippen molar-refractivity contribution in [3.8, 4) is 0 Å². The van der Waals surface area contributed by atoms with Gasteiger partial charge in [0.25, 0.3) is 0 Å². The van der Waals surface area contributed by atoms with Crippen molar-refractivity contribution in [3.63, 3.8) is 0 Å². The van der Waals surface area contributed by atoms with Crippen LogP contribution in [-0.2, 0) is 4.79 Å². The number of aliphatic carboxylic acids is 1. The summed E-state index contributed by atoms with van der Waals surface area (Å²) in [7, 11) is 0. The Bertz CT molecular complexity index is 328. The zero-order valence-corrected chi connectivity index (χ0v) is 14.5. The Morgan fingerprint density at radius 1 is 0.957 bits per heavy atom. The molecule has 0 bridgehead atoms. The van der Waals surface area contributed by atoms with Gasteiger partial charge in [-0.1, -0.05) is 64.0 Å². The molecule has 0 aromatic rings. The number of rotatable bonds is 16. The third-order valence-electron chi connectivity index (χ3n) is 4.03. The molecule has 0 aromatic heterocycles.